The summed E-state index contributed by atoms with van der Waals surface area (Å²) in [6.45, 7) is 1.43. The second-order valence-corrected chi connectivity index (χ2v) is 7.38. The Morgan fingerprint density at radius 3 is 2.75 bits per heavy atom. The third-order valence-corrected chi connectivity index (χ3v) is 5.45. The van der Waals surface area contributed by atoms with Crippen LogP contribution in [0.25, 0.3) is 0 Å². The third-order valence-electron chi connectivity index (χ3n) is 4.65. The predicted molar refractivity (Wildman–Crippen MR) is 109 cm³/mol. The molecule has 1 atom stereocenters. The van der Waals surface area contributed by atoms with Gasteiger partial charge in [-0.2, -0.15) is 0 Å². The van der Waals surface area contributed by atoms with Crippen LogP contribution in [0.1, 0.15) is 6.42 Å². The molecule has 0 unspecified atom stereocenters. The molecular weight excluding hydrogens is 378 g/mol. The van der Waals surface area contributed by atoms with Crippen molar-refractivity contribution >= 4 is 35.1 Å². The molecule has 7 nitrogen and oxygen atoms in total. The summed E-state index contributed by atoms with van der Waals surface area (Å²) in [6.07, 6.45) is 2.21. The maximum absolute atomic E-state index is 12.5. The molecule has 1 saturated heterocycles. The van der Waals surface area contributed by atoms with Crippen molar-refractivity contribution in [2.75, 3.05) is 36.2 Å². The normalized spacial score (nSPS) is 18.1. The number of thioether (sulfide) groups is 1. The molecule has 2 heterocycles. The van der Waals surface area contributed by atoms with Crippen LogP contribution in [0.5, 0.6) is 11.5 Å². The molecule has 0 bridgehead atoms. The highest BCUT2D eigenvalue weighted by Gasteiger charge is 2.32. The van der Waals surface area contributed by atoms with Crippen LogP contribution in [0.2, 0.25) is 0 Å². The zero-order valence-corrected chi connectivity index (χ0v) is 16.3. The lowest BCUT2D eigenvalue weighted by Crippen LogP contribution is -2.39. The van der Waals surface area contributed by atoms with Gasteiger partial charge in [-0.15, -0.1) is 11.8 Å². The van der Waals surface area contributed by atoms with Crippen molar-refractivity contribution < 1.29 is 19.1 Å². The first-order chi connectivity index (χ1) is 13.6. The molecular formula is C20H21N3O4S. The Kier molecular flexibility index (Phi) is 5.29. The molecule has 1 fully saturated rings. The number of carbonyl (C=O) groups excluding carboxylic acids is 2. The van der Waals surface area contributed by atoms with Gasteiger partial charge in [-0.3, -0.25) is 4.79 Å². The lowest BCUT2D eigenvalue weighted by molar-refractivity contribution is -0.117. The number of nitrogens with one attached hydrogen (secondary N) is 2. The van der Waals surface area contributed by atoms with Gasteiger partial charge in [0.15, 0.2) is 11.5 Å². The van der Waals surface area contributed by atoms with Crippen molar-refractivity contribution in [3.63, 3.8) is 0 Å². The number of nitrogens with zero attached hydrogens (tertiary/aromatic N) is 1. The zero-order valence-electron chi connectivity index (χ0n) is 15.4. The Morgan fingerprint density at radius 1 is 1.14 bits per heavy atom. The van der Waals surface area contributed by atoms with E-state index in [1.807, 2.05) is 48.7 Å². The lowest BCUT2D eigenvalue weighted by Gasteiger charge is -2.22. The van der Waals surface area contributed by atoms with Crippen molar-refractivity contribution in [3.8, 4) is 11.5 Å². The molecule has 0 radical (unpaired) electrons. The summed E-state index contributed by atoms with van der Waals surface area (Å²) in [4.78, 5) is 27.5. The minimum atomic E-state index is -0.316. The smallest absolute Gasteiger partial charge is 0.319 e. The van der Waals surface area contributed by atoms with Crippen LogP contribution in [0.15, 0.2) is 47.4 Å². The minimum absolute atomic E-state index is 0.0357. The largest absolute Gasteiger partial charge is 0.486 e. The summed E-state index contributed by atoms with van der Waals surface area (Å²) < 4.78 is 11.1. The molecule has 0 saturated carbocycles. The van der Waals surface area contributed by atoms with E-state index in [0.717, 1.165) is 16.3 Å². The van der Waals surface area contributed by atoms with E-state index in [1.165, 1.54) is 0 Å². The van der Waals surface area contributed by atoms with Crippen molar-refractivity contribution in [3.05, 3.63) is 42.5 Å². The van der Waals surface area contributed by atoms with Crippen LogP contribution < -0.4 is 25.0 Å². The number of amides is 3. The number of para-hydroxylation sites is 1. The number of carbonyl (C=O) groups is 2. The molecule has 2 N–H and O–H groups in total. The van der Waals surface area contributed by atoms with Gasteiger partial charge in [-0.1, -0.05) is 12.1 Å². The number of rotatable bonds is 4. The van der Waals surface area contributed by atoms with E-state index in [2.05, 4.69) is 10.6 Å². The van der Waals surface area contributed by atoms with E-state index >= 15 is 0 Å². The Labute approximate surface area is 167 Å². The molecule has 2 aromatic carbocycles. The van der Waals surface area contributed by atoms with E-state index in [4.69, 9.17) is 9.47 Å². The molecule has 146 valence electrons. The first-order valence-corrected chi connectivity index (χ1v) is 10.3. The van der Waals surface area contributed by atoms with E-state index in [9.17, 15) is 9.59 Å². The second-order valence-electron chi connectivity index (χ2n) is 6.53. The molecule has 4 rings (SSSR count). The quantitative estimate of drug-likeness (QED) is 0.773. The van der Waals surface area contributed by atoms with Gasteiger partial charge in [-0.25, -0.2) is 4.79 Å². The Balaban J connectivity index is 1.40. The number of hydrogen-bond donors (Lipinski definition) is 2. The van der Waals surface area contributed by atoms with Crippen LogP contribution in [0.4, 0.5) is 16.2 Å². The van der Waals surface area contributed by atoms with Gasteiger partial charge in [0, 0.05) is 29.6 Å². The minimum Gasteiger partial charge on any atom is -0.486 e. The topological polar surface area (TPSA) is 79.9 Å². The van der Waals surface area contributed by atoms with Gasteiger partial charge in [-0.05, 0) is 30.5 Å². The average molecular weight is 399 g/mol. The highest BCUT2D eigenvalue weighted by Crippen LogP contribution is 2.35. The first kappa shape index (κ1) is 18.5. The van der Waals surface area contributed by atoms with Crippen molar-refractivity contribution in [1.82, 2.24) is 5.32 Å². The second kappa shape index (κ2) is 8.02. The third kappa shape index (κ3) is 3.87. The van der Waals surface area contributed by atoms with Gasteiger partial charge in [0.2, 0.25) is 5.91 Å². The average Bonchev–Trinajstić information content (AvgIpc) is 3.07. The molecule has 0 aromatic heterocycles. The maximum atomic E-state index is 12.5. The van der Waals surface area contributed by atoms with Gasteiger partial charge in [0.05, 0.1) is 11.7 Å². The van der Waals surface area contributed by atoms with Gasteiger partial charge in [0.1, 0.15) is 13.2 Å². The summed E-state index contributed by atoms with van der Waals surface area (Å²) >= 11 is 1.56. The van der Waals surface area contributed by atoms with Crippen molar-refractivity contribution in [2.45, 2.75) is 17.4 Å². The van der Waals surface area contributed by atoms with Crippen LogP contribution in [0, 0.1) is 0 Å². The first-order valence-electron chi connectivity index (χ1n) is 9.04. The number of urea groups is 1. The molecule has 2 aliphatic heterocycles. The zero-order chi connectivity index (χ0) is 19.5. The van der Waals surface area contributed by atoms with Crippen molar-refractivity contribution in [2.24, 2.45) is 0 Å². The lowest BCUT2D eigenvalue weighted by atomic mass is 10.2. The number of hydrogen-bond acceptors (Lipinski definition) is 5. The van der Waals surface area contributed by atoms with Crippen LogP contribution >= 0.6 is 11.8 Å². The summed E-state index contributed by atoms with van der Waals surface area (Å²) in [5, 5.41) is 5.75. The standard InChI is InChI=1S/C20H21N3O4S/c1-28-18-5-3-2-4-15(18)22-20(25)21-13-10-19(24)23(12-13)14-6-7-16-17(11-14)27-9-8-26-16/h2-7,11,13H,8-10,12H2,1H3,(H2,21,22,25)/t13-/m0/s1. The fourth-order valence-corrected chi connectivity index (χ4v) is 3.90. The summed E-state index contributed by atoms with van der Waals surface area (Å²) in [5.41, 5.74) is 1.49. The van der Waals surface area contributed by atoms with Gasteiger partial charge in [0.25, 0.3) is 0 Å². The number of ether oxygens (including phenoxy) is 2. The molecule has 2 aromatic rings. The van der Waals surface area contributed by atoms with E-state index < -0.39 is 0 Å². The highest BCUT2D eigenvalue weighted by molar-refractivity contribution is 7.98. The van der Waals surface area contributed by atoms with E-state index in [0.29, 0.717) is 31.3 Å². The summed E-state index contributed by atoms with van der Waals surface area (Å²) in [5.74, 6) is 1.29. The van der Waals surface area contributed by atoms with Gasteiger partial charge < -0.3 is 25.0 Å². The number of fused-ring (bicyclic) bond motifs is 1. The molecule has 28 heavy (non-hydrogen) atoms. The summed E-state index contributed by atoms with van der Waals surface area (Å²) in [6, 6.07) is 12.5. The fourth-order valence-electron chi connectivity index (χ4n) is 3.35. The van der Waals surface area contributed by atoms with E-state index in [1.54, 1.807) is 16.7 Å². The molecule has 3 amide bonds. The highest BCUT2D eigenvalue weighted by atomic mass is 32.2. The van der Waals surface area contributed by atoms with Gasteiger partial charge >= 0.3 is 6.03 Å². The monoisotopic (exact) mass is 399 g/mol. The van der Waals surface area contributed by atoms with Crippen molar-refractivity contribution in [1.29, 1.82) is 0 Å². The summed E-state index contributed by atoms with van der Waals surface area (Å²) in [7, 11) is 0. The SMILES string of the molecule is CSc1ccccc1NC(=O)N[C@H]1CC(=O)N(c2ccc3c(c2)OCCO3)C1. The molecule has 8 heteroatoms. The number of benzene rings is 2. The van der Waals surface area contributed by atoms with Crippen LogP contribution in [-0.2, 0) is 4.79 Å². The van der Waals surface area contributed by atoms with Crippen LogP contribution in [0.3, 0.4) is 0 Å². The fraction of sp³-hybridized carbons (Fsp3) is 0.300. The number of anilines is 2. The predicted octanol–water partition coefficient (Wildman–Crippen LogP) is 3.11. The molecule has 0 spiro atoms. The van der Waals surface area contributed by atoms with E-state index in [-0.39, 0.29) is 24.4 Å². The Hall–Kier alpha value is -2.87. The molecule has 2 aliphatic rings. The Morgan fingerprint density at radius 2 is 1.93 bits per heavy atom. The van der Waals surface area contributed by atoms with Crippen LogP contribution in [-0.4, -0.2) is 44.0 Å². The maximum Gasteiger partial charge on any atom is 0.319 e. The molecule has 0 aliphatic carbocycles. The Bertz CT molecular complexity index is 905.